The zero-order chi connectivity index (χ0) is 22.2. The average Bonchev–Trinajstić information content (AvgIpc) is 3.25. The predicted molar refractivity (Wildman–Crippen MR) is 119 cm³/mol. The summed E-state index contributed by atoms with van der Waals surface area (Å²) in [5, 5.41) is 0. The molecule has 0 N–H and O–H groups in total. The number of nitrogens with zero attached hydrogens (tertiary/aromatic N) is 4. The molecule has 0 spiro atoms. The van der Waals surface area contributed by atoms with E-state index in [0.717, 1.165) is 36.5 Å². The molecular weight excluding hydrogens is 392 g/mol. The number of aromatic nitrogens is 2. The highest BCUT2D eigenvalue weighted by atomic mass is 16.5. The summed E-state index contributed by atoms with van der Waals surface area (Å²) in [6, 6.07) is -0.167. The number of hydrogen-bond acceptors (Lipinski definition) is 5. The van der Waals surface area contributed by atoms with Crippen molar-refractivity contribution in [2.45, 2.75) is 90.2 Å². The third kappa shape index (κ3) is 4.34. The van der Waals surface area contributed by atoms with Crippen LogP contribution in [-0.4, -0.2) is 52.5 Å². The minimum Gasteiger partial charge on any atom is -0.369 e. The summed E-state index contributed by atoms with van der Waals surface area (Å²) in [7, 11) is 1.57. The molecule has 0 aromatic carbocycles. The maximum Gasteiger partial charge on any atom is 0.254 e. The van der Waals surface area contributed by atoms with Gasteiger partial charge in [0.1, 0.15) is 11.4 Å². The highest BCUT2D eigenvalue weighted by Crippen LogP contribution is 2.37. The molecule has 170 valence electrons. The predicted octanol–water partition coefficient (Wildman–Crippen LogP) is 3.73. The van der Waals surface area contributed by atoms with E-state index in [1.807, 2.05) is 16.7 Å². The molecule has 1 aliphatic carbocycles. The molecule has 4 rings (SSSR count). The topological polar surface area (TPSA) is 75.6 Å². The van der Waals surface area contributed by atoms with Crippen molar-refractivity contribution in [1.82, 2.24) is 14.9 Å². The van der Waals surface area contributed by atoms with E-state index in [-0.39, 0.29) is 17.9 Å². The minimum atomic E-state index is -0.880. The molecule has 0 unspecified atom stereocenters. The number of rotatable bonds is 5. The molecule has 0 bridgehead atoms. The maximum absolute atomic E-state index is 13.1. The van der Waals surface area contributed by atoms with Crippen molar-refractivity contribution < 1.29 is 14.3 Å². The Morgan fingerprint density at radius 2 is 1.84 bits per heavy atom. The number of likely N-dealkylation sites (tertiary alicyclic amines) is 1. The van der Waals surface area contributed by atoms with E-state index < -0.39 is 5.60 Å². The summed E-state index contributed by atoms with van der Waals surface area (Å²) < 4.78 is 5.44. The van der Waals surface area contributed by atoms with Gasteiger partial charge in [-0.05, 0) is 58.8 Å². The fourth-order valence-electron chi connectivity index (χ4n) is 5.28. The van der Waals surface area contributed by atoms with Crippen LogP contribution in [0.25, 0.3) is 0 Å². The lowest BCUT2D eigenvalue weighted by atomic mass is 9.88. The van der Waals surface area contributed by atoms with Gasteiger partial charge in [-0.2, -0.15) is 0 Å². The second-order valence-corrected chi connectivity index (χ2v) is 9.85. The lowest BCUT2D eigenvalue weighted by molar-refractivity contribution is -0.152. The van der Waals surface area contributed by atoms with Crippen molar-refractivity contribution >= 4 is 17.6 Å². The number of anilines is 1. The molecular formula is C24H36N4O3. The van der Waals surface area contributed by atoms with Crippen LogP contribution in [0.3, 0.4) is 0 Å². The van der Waals surface area contributed by atoms with Gasteiger partial charge < -0.3 is 9.64 Å². The van der Waals surface area contributed by atoms with Crippen LogP contribution in [0, 0.1) is 12.8 Å². The second kappa shape index (κ2) is 8.85. The Labute approximate surface area is 185 Å². The summed E-state index contributed by atoms with van der Waals surface area (Å²) in [5.74, 6) is 2.13. The fraction of sp³-hybridized carbons (Fsp3) is 0.750. The third-order valence-corrected chi connectivity index (χ3v) is 7.36. The first kappa shape index (κ1) is 22.2. The van der Waals surface area contributed by atoms with Crippen molar-refractivity contribution in [2.75, 3.05) is 25.1 Å². The van der Waals surface area contributed by atoms with Gasteiger partial charge in [0.2, 0.25) is 5.91 Å². The molecule has 7 nitrogen and oxygen atoms in total. The van der Waals surface area contributed by atoms with E-state index in [0.29, 0.717) is 31.1 Å². The number of aryl methyl sites for hydroxylation is 1. The Morgan fingerprint density at radius 3 is 2.55 bits per heavy atom. The summed E-state index contributed by atoms with van der Waals surface area (Å²) in [6.07, 6.45) is 9.16. The summed E-state index contributed by atoms with van der Waals surface area (Å²) in [4.78, 5) is 39.6. The smallest absolute Gasteiger partial charge is 0.254 e. The molecule has 1 aromatic heterocycles. The number of ether oxygens (including phenoxy) is 1. The monoisotopic (exact) mass is 428 g/mol. The number of fused-ring (bicyclic) bond motifs is 1. The summed E-state index contributed by atoms with van der Waals surface area (Å²) in [5.41, 5.74) is 1.15. The number of amides is 2. The van der Waals surface area contributed by atoms with Crippen LogP contribution in [0.15, 0.2) is 0 Å². The van der Waals surface area contributed by atoms with Gasteiger partial charge >= 0.3 is 0 Å². The van der Waals surface area contributed by atoms with Gasteiger partial charge in [-0.3, -0.25) is 14.5 Å². The second-order valence-electron chi connectivity index (χ2n) is 9.85. The molecule has 3 aliphatic rings. The van der Waals surface area contributed by atoms with E-state index >= 15 is 0 Å². The summed E-state index contributed by atoms with van der Waals surface area (Å²) in [6.45, 7) is 7.05. The van der Waals surface area contributed by atoms with E-state index in [9.17, 15) is 9.59 Å². The average molecular weight is 429 g/mol. The molecule has 3 heterocycles. The van der Waals surface area contributed by atoms with E-state index in [1.165, 1.54) is 32.1 Å². The first-order valence-electron chi connectivity index (χ1n) is 11.9. The van der Waals surface area contributed by atoms with Gasteiger partial charge in [-0.25, -0.2) is 9.97 Å². The van der Waals surface area contributed by atoms with Crippen LogP contribution in [0.1, 0.15) is 88.3 Å². The highest BCUT2D eigenvalue weighted by Gasteiger charge is 2.40. The Hall–Kier alpha value is -2.02. The molecule has 1 atom stereocenters. The number of hydrogen-bond donors (Lipinski definition) is 0. The maximum atomic E-state index is 13.1. The van der Waals surface area contributed by atoms with Gasteiger partial charge in [0.25, 0.3) is 5.91 Å². The van der Waals surface area contributed by atoms with Crippen molar-refractivity contribution in [3.8, 4) is 0 Å². The molecule has 2 fully saturated rings. The van der Waals surface area contributed by atoms with E-state index in [2.05, 4.69) is 0 Å². The number of carbonyl (C=O) groups is 2. The molecule has 7 heteroatoms. The van der Waals surface area contributed by atoms with Crippen LogP contribution in [-0.2, 0) is 20.7 Å². The zero-order valence-electron chi connectivity index (χ0n) is 19.4. The van der Waals surface area contributed by atoms with Gasteiger partial charge in [0.15, 0.2) is 5.82 Å². The van der Waals surface area contributed by atoms with Gasteiger partial charge in [0.05, 0.1) is 6.04 Å². The summed E-state index contributed by atoms with van der Waals surface area (Å²) >= 11 is 0. The molecule has 1 saturated carbocycles. The minimum absolute atomic E-state index is 0.0355. The van der Waals surface area contributed by atoms with E-state index in [1.54, 1.807) is 21.0 Å². The van der Waals surface area contributed by atoms with Crippen molar-refractivity contribution in [3.63, 3.8) is 0 Å². The molecule has 2 amide bonds. The quantitative estimate of drug-likeness (QED) is 0.714. The van der Waals surface area contributed by atoms with Crippen molar-refractivity contribution in [2.24, 2.45) is 5.92 Å². The third-order valence-electron chi connectivity index (χ3n) is 7.36. The van der Waals surface area contributed by atoms with Crippen LogP contribution in [0.5, 0.6) is 0 Å². The van der Waals surface area contributed by atoms with Gasteiger partial charge in [-0.15, -0.1) is 0 Å². The molecule has 31 heavy (non-hydrogen) atoms. The Morgan fingerprint density at radius 1 is 1.10 bits per heavy atom. The van der Waals surface area contributed by atoms with Crippen molar-refractivity contribution in [3.05, 3.63) is 17.1 Å². The zero-order valence-corrected chi connectivity index (χ0v) is 19.4. The van der Waals surface area contributed by atoms with Crippen LogP contribution in [0.4, 0.5) is 5.82 Å². The number of methoxy groups -OCH3 is 1. The lowest BCUT2D eigenvalue weighted by Gasteiger charge is -2.35. The molecule has 0 radical (unpaired) electrons. The van der Waals surface area contributed by atoms with E-state index in [4.69, 9.17) is 14.7 Å². The Balaban J connectivity index is 1.65. The SMILES string of the molecule is COC(C)(C)C(=O)N1CCC[C@H]1c1nc(C)c2c(n1)N(CC1CCCCC1)C(=O)CC2. The van der Waals surface area contributed by atoms with Crippen LogP contribution < -0.4 is 4.90 Å². The largest absolute Gasteiger partial charge is 0.369 e. The molecule has 1 aromatic rings. The Kier molecular flexibility index (Phi) is 6.33. The number of carbonyl (C=O) groups excluding carboxylic acids is 2. The van der Waals surface area contributed by atoms with Crippen LogP contribution in [0.2, 0.25) is 0 Å². The normalized spacial score (nSPS) is 22.7. The van der Waals surface area contributed by atoms with Gasteiger partial charge in [0, 0.05) is 37.9 Å². The molecule has 1 saturated heterocycles. The first-order chi connectivity index (χ1) is 14.8. The molecule has 2 aliphatic heterocycles. The van der Waals surface area contributed by atoms with Gasteiger partial charge in [-0.1, -0.05) is 19.3 Å². The fourth-order valence-corrected chi connectivity index (χ4v) is 5.28. The van der Waals surface area contributed by atoms with Crippen molar-refractivity contribution in [1.29, 1.82) is 0 Å². The first-order valence-corrected chi connectivity index (χ1v) is 11.9. The standard InChI is InChI=1S/C24H36N4O3/c1-16-18-12-13-20(29)28(15-17-9-6-5-7-10-17)22(18)26-21(25-16)19-11-8-14-27(19)23(30)24(2,3)31-4/h17,19H,5-15H2,1-4H3/t19-/m0/s1. The lowest BCUT2D eigenvalue weighted by Crippen LogP contribution is -2.46. The Bertz CT molecular complexity index is 847. The van der Waals surface area contributed by atoms with Crippen LogP contribution >= 0.6 is 0 Å². The highest BCUT2D eigenvalue weighted by molar-refractivity contribution is 5.95.